The summed E-state index contributed by atoms with van der Waals surface area (Å²) >= 11 is 0. The minimum Gasteiger partial charge on any atom is -0.391 e. The second-order valence-electron chi connectivity index (χ2n) is 8.85. The van der Waals surface area contributed by atoms with Gasteiger partial charge in [0, 0.05) is 19.4 Å². The Balaban J connectivity index is 1.62. The van der Waals surface area contributed by atoms with E-state index in [1.807, 2.05) is 0 Å². The highest BCUT2D eigenvalue weighted by Crippen LogP contribution is 2.25. The number of carbonyl (C=O) groups is 1. The molecule has 1 aromatic rings. The van der Waals surface area contributed by atoms with Gasteiger partial charge in [-0.3, -0.25) is 4.79 Å². The first-order valence-corrected chi connectivity index (χ1v) is 9.90. The average Bonchev–Trinajstić information content (AvgIpc) is 2.57. The molecule has 4 heteroatoms. The molecule has 0 aliphatic carbocycles. The van der Waals surface area contributed by atoms with Gasteiger partial charge in [0.1, 0.15) is 11.6 Å². The fraction of sp³-hybridized carbons (Fsp3) is 0.682. The van der Waals surface area contributed by atoms with Crippen LogP contribution in [0.5, 0.6) is 0 Å². The Bertz CT molecular complexity index is 557. The number of nitrogens with zero attached hydrogens (tertiary/aromatic N) is 1. The lowest BCUT2D eigenvalue weighted by Gasteiger charge is -2.36. The van der Waals surface area contributed by atoms with Crippen molar-refractivity contribution >= 4 is 5.78 Å². The van der Waals surface area contributed by atoms with E-state index < -0.39 is 0 Å². The van der Waals surface area contributed by atoms with Crippen molar-refractivity contribution < 1.29 is 14.3 Å². The molecule has 2 rings (SSSR count). The Morgan fingerprint density at radius 3 is 2.42 bits per heavy atom. The van der Waals surface area contributed by atoms with Gasteiger partial charge in [-0.1, -0.05) is 32.9 Å². The molecule has 1 atom stereocenters. The third-order valence-electron chi connectivity index (χ3n) is 5.49. The normalized spacial score (nSPS) is 18.0. The summed E-state index contributed by atoms with van der Waals surface area (Å²) in [7, 11) is 0. The van der Waals surface area contributed by atoms with Gasteiger partial charge in [-0.25, -0.2) is 4.39 Å². The predicted molar refractivity (Wildman–Crippen MR) is 104 cm³/mol. The van der Waals surface area contributed by atoms with Gasteiger partial charge >= 0.3 is 0 Å². The number of benzene rings is 1. The molecule has 1 unspecified atom stereocenters. The summed E-state index contributed by atoms with van der Waals surface area (Å²) in [6, 6.07) is 6.53. The van der Waals surface area contributed by atoms with E-state index in [0.717, 1.165) is 50.9 Å². The quantitative estimate of drug-likeness (QED) is 0.751. The molecule has 0 radical (unpaired) electrons. The zero-order chi connectivity index (χ0) is 19.2. The number of aliphatic hydroxyl groups excluding tert-OH is 1. The zero-order valence-corrected chi connectivity index (χ0v) is 16.5. The molecule has 0 saturated carbocycles. The molecule has 1 saturated heterocycles. The average molecular weight is 364 g/mol. The number of halogens is 1. The second kappa shape index (κ2) is 9.61. The topological polar surface area (TPSA) is 40.5 Å². The van der Waals surface area contributed by atoms with Crippen molar-refractivity contribution in [3.63, 3.8) is 0 Å². The van der Waals surface area contributed by atoms with Gasteiger partial charge in [0.25, 0.3) is 0 Å². The molecule has 0 aromatic heterocycles. The molecule has 1 fully saturated rings. The molecule has 3 nitrogen and oxygen atoms in total. The summed E-state index contributed by atoms with van der Waals surface area (Å²) < 4.78 is 12.9. The number of piperidine rings is 1. The van der Waals surface area contributed by atoms with Gasteiger partial charge in [-0.2, -0.15) is 0 Å². The van der Waals surface area contributed by atoms with E-state index in [1.54, 1.807) is 12.1 Å². The van der Waals surface area contributed by atoms with E-state index in [4.69, 9.17) is 0 Å². The number of β-amino-alcohol motifs (C(OH)–C–C–N with tert-alkyl or cyclic N) is 1. The predicted octanol–water partition coefficient (Wildman–Crippen LogP) is 4.23. The number of aliphatic hydroxyl groups is 1. The number of carbonyl (C=O) groups excluding carboxylic acids is 1. The van der Waals surface area contributed by atoms with E-state index in [1.165, 1.54) is 12.1 Å². The minimum absolute atomic E-state index is 0.0860. The van der Waals surface area contributed by atoms with Gasteiger partial charge in [0.15, 0.2) is 0 Å². The van der Waals surface area contributed by atoms with Crippen molar-refractivity contribution in [1.82, 2.24) is 4.90 Å². The van der Waals surface area contributed by atoms with E-state index >= 15 is 0 Å². The summed E-state index contributed by atoms with van der Waals surface area (Å²) in [5.74, 6) is 0.614. The smallest absolute Gasteiger partial charge is 0.133 e. The Morgan fingerprint density at radius 1 is 1.23 bits per heavy atom. The molecule has 0 bridgehead atoms. The van der Waals surface area contributed by atoms with E-state index in [9.17, 15) is 14.3 Å². The van der Waals surface area contributed by atoms with Crippen LogP contribution < -0.4 is 0 Å². The van der Waals surface area contributed by atoms with Crippen LogP contribution in [-0.4, -0.2) is 41.5 Å². The monoisotopic (exact) mass is 363 g/mol. The van der Waals surface area contributed by atoms with Crippen molar-refractivity contribution in [3.8, 4) is 0 Å². The Kier molecular flexibility index (Phi) is 7.78. The summed E-state index contributed by atoms with van der Waals surface area (Å²) in [6.07, 6.45) is 4.73. The van der Waals surface area contributed by atoms with Crippen LogP contribution >= 0.6 is 0 Å². The SMILES string of the molecule is CC(C)(C)C(O)CN1CCC(CC(=O)CCCc2ccc(F)cc2)CC1. The van der Waals surface area contributed by atoms with Gasteiger partial charge in [-0.05, 0) is 67.8 Å². The third kappa shape index (κ3) is 7.16. The van der Waals surface area contributed by atoms with Crippen LogP contribution in [0.4, 0.5) is 4.39 Å². The van der Waals surface area contributed by atoms with Gasteiger partial charge < -0.3 is 10.0 Å². The summed E-state index contributed by atoms with van der Waals surface area (Å²) in [6.45, 7) is 8.86. The molecule has 1 aliphatic heterocycles. The maximum absolute atomic E-state index is 12.9. The fourth-order valence-corrected chi connectivity index (χ4v) is 3.46. The Hall–Kier alpha value is -1.26. The minimum atomic E-state index is -0.313. The first-order valence-electron chi connectivity index (χ1n) is 9.90. The van der Waals surface area contributed by atoms with Crippen molar-refractivity contribution in [2.24, 2.45) is 11.3 Å². The van der Waals surface area contributed by atoms with E-state index in [2.05, 4.69) is 25.7 Å². The molecule has 1 heterocycles. The van der Waals surface area contributed by atoms with Crippen molar-refractivity contribution in [1.29, 1.82) is 0 Å². The highest BCUT2D eigenvalue weighted by Gasteiger charge is 2.27. The van der Waals surface area contributed by atoms with Crippen LogP contribution in [0, 0.1) is 17.2 Å². The number of hydrogen-bond donors (Lipinski definition) is 1. The van der Waals surface area contributed by atoms with Crippen LogP contribution in [0.25, 0.3) is 0 Å². The molecule has 1 aliphatic rings. The van der Waals surface area contributed by atoms with Gasteiger partial charge in [-0.15, -0.1) is 0 Å². The fourth-order valence-electron chi connectivity index (χ4n) is 3.46. The van der Waals surface area contributed by atoms with E-state index in [-0.39, 0.29) is 17.3 Å². The zero-order valence-electron chi connectivity index (χ0n) is 16.5. The van der Waals surface area contributed by atoms with Crippen molar-refractivity contribution in [3.05, 3.63) is 35.6 Å². The number of ketones is 1. The molecule has 1 aromatic carbocycles. The molecule has 146 valence electrons. The lowest BCUT2D eigenvalue weighted by Crippen LogP contribution is -2.43. The van der Waals surface area contributed by atoms with Crippen molar-refractivity contribution in [2.45, 2.75) is 65.4 Å². The largest absolute Gasteiger partial charge is 0.391 e. The van der Waals surface area contributed by atoms with Gasteiger partial charge in [0.2, 0.25) is 0 Å². The number of likely N-dealkylation sites (tertiary alicyclic amines) is 1. The number of Topliss-reactive ketones (excluding diaryl/α,β-unsaturated/α-hetero) is 1. The number of rotatable bonds is 8. The summed E-state index contributed by atoms with van der Waals surface area (Å²) in [5, 5.41) is 10.2. The lowest BCUT2D eigenvalue weighted by molar-refractivity contribution is -0.120. The van der Waals surface area contributed by atoms with Crippen LogP contribution in [-0.2, 0) is 11.2 Å². The Morgan fingerprint density at radius 2 is 1.85 bits per heavy atom. The molecule has 1 N–H and O–H groups in total. The maximum atomic E-state index is 12.9. The number of aryl methyl sites for hydroxylation is 1. The first-order chi connectivity index (χ1) is 12.2. The summed E-state index contributed by atoms with van der Waals surface area (Å²) in [5.41, 5.74) is 1.00. The molecule has 0 amide bonds. The van der Waals surface area contributed by atoms with Gasteiger partial charge in [0.05, 0.1) is 6.10 Å². The summed E-state index contributed by atoms with van der Waals surface area (Å²) in [4.78, 5) is 14.6. The molecule has 26 heavy (non-hydrogen) atoms. The van der Waals surface area contributed by atoms with Crippen molar-refractivity contribution in [2.75, 3.05) is 19.6 Å². The van der Waals surface area contributed by atoms with Crippen LogP contribution in [0.2, 0.25) is 0 Å². The highest BCUT2D eigenvalue weighted by atomic mass is 19.1. The highest BCUT2D eigenvalue weighted by molar-refractivity contribution is 5.78. The maximum Gasteiger partial charge on any atom is 0.133 e. The third-order valence-corrected chi connectivity index (χ3v) is 5.49. The molecular formula is C22H34FNO2. The van der Waals surface area contributed by atoms with Crippen LogP contribution in [0.1, 0.15) is 58.4 Å². The molecule has 0 spiro atoms. The second-order valence-corrected chi connectivity index (χ2v) is 8.85. The molecular weight excluding hydrogens is 329 g/mol. The van der Waals surface area contributed by atoms with Crippen LogP contribution in [0.3, 0.4) is 0 Å². The standard InChI is InChI=1S/C22H34FNO2/c1-22(2,3)21(26)16-24-13-11-18(12-14-24)15-20(25)6-4-5-17-7-9-19(23)10-8-17/h7-10,18,21,26H,4-6,11-16H2,1-3H3. The van der Waals surface area contributed by atoms with Crippen LogP contribution in [0.15, 0.2) is 24.3 Å². The lowest BCUT2D eigenvalue weighted by atomic mass is 9.87. The Labute approximate surface area is 157 Å². The van der Waals surface area contributed by atoms with E-state index in [0.29, 0.717) is 24.5 Å². The first kappa shape index (κ1) is 21.0. The number of hydrogen-bond acceptors (Lipinski definition) is 3.